The Bertz CT molecular complexity index is 521. The van der Waals surface area contributed by atoms with E-state index in [9.17, 15) is 0 Å². The third-order valence-electron chi connectivity index (χ3n) is 2.47. The van der Waals surface area contributed by atoms with Crippen molar-refractivity contribution in [2.75, 3.05) is 25.3 Å². The Morgan fingerprint density at radius 1 is 1.11 bits per heavy atom. The molecule has 0 aliphatic carbocycles. The molecule has 2 rings (SSSR count). The SMILES string of the molecule is COc1cc(Nc2cccnc2N)cc(OC)c1. The third kappa shape index (κ3) is 2.63. The number of aromatic nitrogens is 1. The number of methoxy groups -OCH3 is 2. The lowest BCUT2D eigenvalue weighted by Gasteiger charge is -2.11. The van der Waals surface area contributed by atoms with Gasteiger partial charge in [-0.1, -0.05) is 0 Å². The van der Waals surface area contributed by atoms with Crippen LogP contribution in [0.1, 0.15) is 0 Å². The van der Waals surface area contributed by atoms with Crippen LogP contribution in [0.5, 0.6) is 11.5 Å². The molecule has 94 valence electrons. The average molecular weight is 245 g/mol. The first-order valence-electron chi connectivity index (χ1n) is 5.43. The van der Waals surface area contributed by atoms with Gasteiger partial charge in [0.2, 0.25) is 0 Å². The second-order valence-electron chi connectivity index (χ2n) is 3.66. The summed E-state index contributed by atoms with van der Waals surface area (Å²) in [7, 11) is 3.22. The fraction of sp³-hybridized carbons (Fsp3) is 0.154. The highest BCUT2D eigenvalue weighted by Gasteiger charge is 2.04. The molecule has 18 heavy (non-hydrogen) atoms. The minimum absolute atomic E-state index is 0.444. The first-order chi connectivity index (χ1) is 8.72. The molecule has 0 bridgehead atoms. The second-order valence-corrected chi connectivity index (χ2v) is 3.66. The van der Waals surface area contributed by atoms with Crippen molar-refractivity contribution in [2.45, 2.75) is 0 Å². The van der Waals surface area contributed by atoms with E-state index in [4.69, 9.17) is 15.2 Å². The molecule has 0 saturated heterocycles. The van der Waals surface area contributed by atoms with Gasteiger partial charge < -0.3 is 20.5 Å². The van der Waals surface area contributed by atoms with Crippen LogP contribution < -0.4 is 20.5 Å². The zero-order valence-corrected chi connectivity index (χ0v) is 10.3. The van der Waals surface area contributed by atoms with E-state index in [0.29, 0.717) is 17.3 Å². The summed E-state index contributed by atoms with van der Waals surface area (Å²) in [4.78, 5) is 4.01. The highest BCUT2D eigenvalue weighted by Crippen LogP contribution is 2.29. The first-order valence-corrected chi connectivity index (χ1v) is 5.43. The number of nitrogen functional groups attached to an aromatic ring is 1. The molecule has 1 aromatic carbocycles. The number of anilines is 3. The predicted molar refractivity (Wildman–Crippen MR) is 71.5 cm³/mol. The molecule has 0 spiro atoms. The largest absolute Gasteiger partial charge is 0.497 e. The number of pyridine rings is 1. The van der Waals surface area contributed by atoms with Crippen LogP contribution in [0.15, 0.2) is 36.5 Å². The Hall–Kier alpha value is -2.43. The topological polar surface area (TPSA) is 69.4 Å². The van der Waals surface area contributed by atoms with Crippen LogP contribution in [-0.4, -0.2) is 19.2 Å². The lowest BCUT2D eigenvalue weighted by molar-refractivity contribution is 0.395. The molecule has 0 atom stereocenters. The van der Waals surface area contributed by atoms with Crippen molar-refractivity contribution in [3.05, 3.63) is 36.5 Å². The van der Waals surface area contributed by atoms with Crippen LogP contribution in [0, 0.1) is 0 Å². The van der Waals surface area contributed by atoms with Crippen LogP contribution in [0.2, 0.25) is 0 Å². The number of rotatable bonds is 4. The van der Waals surface area contributed by atoms with Crippen molar-refractivity contribution >= 4 is 17.2 Å². The van der Waals surface area contributed by atoms with Gasteiger partial charge in [-0.15, -0.1) is 0 Å². The summed E-state index contributed by atoms with van der Waals surface area (Å²) in [6.45, 7) is 0. The van der Waals surface area contributed by atoms with Gasteiger partial charge in [0.05, 0.1) is 19.9 Å². The highest BCUT2D eigenvalue weighted by molar-refractivity contribution is 5.70. The maximum Gasteiger partial charge on any atom is 0.147 e. The summed E-state index contributed by atoms with van der Waals surface area (Å²) < 4.78 is 10.4. The van der Waals surface area contributed by atoms with Crippen molar-refractivity contribution in [3.63, 3.8) is 0 Å². The van der Waals surface area contributed by atoms with E-state index in [1.165, 1.54) is 0 Å². The minimum Gasteiger partial charge on any atom is -0.497 e. The van der Waals surface area contributed by atoms with E-state index in [-0.39, 0.29) is 0 Å². The summed E-state index contributed by atoms with van der Waals surface area (Å²) >= 11 is 0. The Kier molecular flexibility index (Phi) is 3.52. The molecule has 0 unspecified atom stereocenters. The van der Waals surface area contributed by atoms with Gasteiger partial charge in [0.15, 0.2) is 0 Å². The maximum absolute atomic E-state index is 5.77. The molecule has 0 fully saturated rings. The second kappa shape index (κ2) is 5.27. The summed E-state index contributed by atoms with van der Waals surface area (Å²) in [5.74, 6) is 1.86. The van der Waals surface area contributed by atoms with Gasteiger partial charge in [-0.3, -0.25) is 0 Å². The van der Waals surface area contributed by atoms with Crippen molar-refractivity contribution in [1.82, 2.24) is 4.98 Å². The van der Waals surface area contributed by atoms with Crippen molar-refractivity contribution < 1.29 is 9.47 Å². The molecule has 2 aromatic rings. The van der Waals surface area contributed by atoms with E-state index < -0.39 is 0 Å². The molecule has 5 heteroatoms. The van der Waals surface area contributed by atoms with Crippen molar-refractivity contribution in [2.24, 2.45) is 0 Å². The van der Waals surface area contributed by atoms with E-state index in [0.717, 1.165) is 11.4 Å². The molecular weight excluding hydrogens is 230 g/mol. The van der Waals surface area contributed by atoms with Crippen LogP contribution >= 0.6 is 0 Å². The van der Waals surface area contributed by atoms with Crippen LogP contribution in [0.3, 0.4) is 0 Å². The third-order valence-corrected chi connectivity index (χ3v) is 2.47. The average Bonchev–Trinajstić information content (AvgIpc) is 2.41. The van der Waals surface area contributed by atoms with E-state index >= 15 is 0 Å². The molecule has 0 amide bonds. The predicted octanol–water partition coefficient (Wildman–Crippen LogP) is 2.42. The quantitative estimate of drug-likeness (QED) is 0.865. The molecule has 0 saturated carbocycles. The summed E-state index contributed by atoms with van der Waals surface area (Å²) in [5.41, 5.74) is 7.34. The normalized spacial score (nSPS) is 9.89. The molecule has 5 nitrogen and oxygen atoms in total. The van der Waals surface area contributed by atoms with E-state index in [1.54, 1.807) is 26.5 Å². The van der Waals surface area contributed by atoms with Gasteiger partial charge in [0.1, 0.15) is 17.3 Å². The van der Waals surface area contributed by atoms with E-state index in [1.807, 2.05) is 24.3 Å². The summed E-state index contributed by atoms with van der Waals surface area (Å²) in [6.07, 6.45) is 1.65. The van der Waals surface area contributed by atoms with E-state index in [2.05, 4.69) is 10.3 Å². The standard InChI is InChI=1S/C13H15N3O2/c1-17-10-6-9(7-11(8-10)18-2)16-12-4-3-5-15-13(12)14/h3-8,16H,1-2H3,(H2,14,15). The lowest BCUT2D eigenvalue weighted by Crippen LogP contribution is -1.99. The summed E-state index contributed by atoms with van der Waals surface area (Å²) in [6, 6.07) is 9.19. The zero-order chi connectivity index (χ0) is 13.0. The van der Waals surface area contributed by atoms with Gasteiger partial charge >= 0.3 is 0 Å². The number of nitrogens with two attached hydrogens (primary N) is 1. The first kappa shape index (κ1) is 12.0. The van der Waals surface area contributed by atoms with Crippen molar-refractivity contribution in [3.8, 4) is 11.5 Å². The number of nitrogens with one attached hydrogen (secondary N) is 1. The number of hydrogen-bond donors (Lipinski definition) is 2. The highest BCUT2D eigenvalue weighted by atomic mass is 16.5. The van der Waals surface area contributed by atoms with Crippen LogP contribution in [0.25, 0.3) is 0 Å². The zero-order valence-electron chi connectivity index (χ0n) is 10.3. The van der Waals surface area contributed by atoms with Gasteiger partial charge in [-0.05, 0) is 12.1 Å². The number of benzene rings is 1. The Morgan fingerprint density at radius 2 is 1.78 bits per heavy atom. The smallest absolute Gasteiger partial charge is 0.147 e. The van der Waals surface area contributed by atoms with Gasteiger partial charge in [-0.2, -0.15) is 0 Å². The Balaban J connectivity index is 2.31. The molecule has 3 N–H and O–H groups in total. The fourth-order valence-electron chi connectivity index (χ4n) is 1.56. The molecule has 1 aromatic heterocycles. The van der Waals surface area contributed by atoms with Gasteiger partial charge in [0, 0.05) is 30.1 Å². The molecular formula is C13H15N3O2. The number of hydrogen-bond acceptors (Lipinski definition) is 5. The van der Waals surface area contributed by atoms with Crippen LogP contribution in [-0.2, 0) is 0 Å². The molecule has 0 aliphatic rings. The Morgan fingerprint density at radius 3 is 2.33 bits per heavy atom. The van der Waals surface area contributed by atoms with Gasteiger partial charge in [0.25, 0.3) is 0 Å². The maximum atomic E-state index is 5.77. The molecule has 1 heterocycles. The van der Waals surface area contributed by atoms with Gasteiger partial charge in [-0.25, -0.2) is 4.98 Å². The Labute approximate surface area is 106 Å². The minimum atomic E-state index is 0.444. The molecule has 0 aliphatic heterocycles. The van der Waals surface area contributed by atoms with Crippen molar-refractivity contribution in [1.29, 1.82) is 0 Å². The monoisotopic (exact) mass is 245 g/mol. The number of ether oxygens (including phenoxy) is 2. The fourth-order valence-corrected chi connectivity index (χ4v) is 1.56. The number of nitrogens with zero attached hydrogens (tertiary/aromatic N) is 1. The molecule has 0 radical (unpaired) electrons. The summed E-state index contributed by atoms with van der Waals surface area (Å²) in [5, 5.41) is 3.17. The van der Waals surface area contributed by atoms with Crippen LogP contribution in [0.4, 0.5) is 17.2 Å². The lowest BCUT2D eigenvalue weighted by atomic mass is 10.2.